The number of amides is 1. The van der Waals surface area contributed by atoms with Crippen molar-refractivity contribution in [3.8, 4) is 11.6 Å². The van der Waals surface area contributed by atoms with Gasteiger partial charge >= 0.3 is 6.09 Å². The minimum Gasteiger partial charge on any atom is -0.474 e. The van der Waals surface area contributed by atoms with Crippen LogP contribution in [-0.2, 0) is 17.8 Å². The summed E-state index contributed by atoms with van der Waals surface area (Å²) in [4.78, 5) is 28.4. The van der Waals surface area contributed by atoms with Gasteiger partial charge in [0.05, 0.1) is 30.7 Å². The Kier molecular flexibility index (Phi) is 6.88. The molecule has 0 spiro atoms. The van der Waals surface area contributed by atoms with Crippen LogP contribution in [0, 0.1) is 13.8 Å². The SMILES string of the molecule is Cc1cc(OC2CCC(c3ncc4n3-c3ccc(Cl)cc3CN(C(=O)OC(C)(C)C)C4)CC2)nc(C)n1. The number of carbonyl (C=O) groups is 1. The number of halogens is 1. The quantitative estimate of drug-likeness (QED) is 0.401. The molecular weight excluding hydrogens is 490 g/mol. The first-order valence-electron chi connectivity index (χ1n) is 12.9. The van der Waals surface area contributed by atoms with Crippen LogP contribution in [0.1, 0.15) is 81.0 Å². The number of rotatable bonds is 3. The first-order chi connectivity index (χ1) is 17.6. The van der Waals surface area contributed by atoms with Crippen molar-refractivity contribution < 1.29 is 14.3 Å². The Morgan fingerprint density at radius 3 is 2.51 bits per heavy atom. The summed E-state index contributed by atoms with van der Waals surface area (Å²) >= 11 is 6.37. The van der Waals surface area contributed by atoms with E-state index in [1.54, 1.807) is 4.90 Å². The molecule has 3 aromatic rings. The highest BCUT2D eigenvalue weighted by Crippen LogP contribution is 2.37. The fourth-order valence-electron chi connectivity index (χ4n) is 5.25. The Morgan fingerprint density at radius 2 is 1.81 bits per heavy atom. The van der Waals surface area contributed by atoms with Crippen LogP contribution < -0.4 is 4.74 Å². The lowest BCUT2D eigenvalue weighted by molar-refractivity contribution is 0.0217. The van der Waals surface area contributed by atoms with Gasteiger partial charge in [-0.3, -0.25) is 9.47 Å². The normalized spacial score (nSPS) is 19.6. The molecule has 1 amide bonds. The molecule has 0 unspecified atom stereocenters. The average molecular weight is 524 g/mol. The zero-order valence-electron chi connectivity index (χ0n) is 22.1. The van der Waals surface area contributed by atoms with Crippen LogP contribution in [0.3, 0.4) is 0 Å². The lowest BCUT2D eigenvalue weighted by atomic mass is 9.86. The van der Waals surface area contributed by atoms with E-state index in [4.69, 9.17) is 26.1 Å². The van der Waals surface area contributed by atoms with E-state index in [2.05, 4.69) is 14.5 Å². The van der Waals surface area contributed by atoms with Crippen LogP contribution in [0.4, 0.5) is 4.79 Å². The average Bonchev–Trinajstić information content (AvgIpc) is 3.13. The van der Waals surface area contributed by atoms with Gasteiger partial charge in [-0.2, -0.15) is 4.98 Å². The van der Waals surface area contributed by atoms with E-state index >= 15 is 0 Å². The van der Waals surface area contributed by atoms with Gasteiger partial charge in [-0.1, -0.05) is 11.6 Å². The summed E-state index contributed by atoms with van der Waals surface area (Å²) in [5.74, 6) is 2.69. The fourth-order valence-corrected chi connectivity index (χ4v) is 5.44. The molecule has 0 bridgehead atoms. The summed E-state index contributed by atoms with van der Waals surface area (Å²) in [7, 11) is 0. The van der Waals surface area contributed by atoms with Crippen LogP contribution in [0.2, 0.25) is 5.02 Å². The Labute approximate surface area is 223 Å². The Morgan fingerprint density at radius 1 is 1.05 bits per heavy atom. The summed E-state index contributed by atoms with van der Waals surface area (Å²) in [5, 5.41) is 0.640. The van der Waals surface area contributed by atoms with Crippen LogP contribution in [-0.4, -0.2) is 42.2 Å². The second-order valence-electron chi connectivity index (χ2n) is 11.0. The number of aryl methyl sites for hydroxylation is 2. The minimum atomic E-state index is -0.574. The first kappa shape index (κ1) is 25.5. The predicted octanol–water partition coefficient (Wildman–Crippen LogP) is 6.29. The van der Waals surface area contributed by atoms with Crippen LogP contribution in [0.15, 0.2) is 30.5 Å². The number of hydrogen-bond acceptors (Lipinski definition) is 6. The largest absolute Gasteiger partial charge is 0.474 e. The number of benzene rings is 1. The van der Waals surface area contributed by atoms with E-state index < -0.39 is 5.60 Å². The number of nitrogens with zero attached hydrogens (tertiary/aromatic N) is 5. The molecule has 37 heavy (non-hydrogen) atoms. The summed E-state index contributed by atoms with van der Waals surface area (Å²) in [6, 6.07) is 7.75. The topological polar surface area (TPSA) is 82.4 Å². The predicted molar refractivity (Wildman–Crippen MR) is 141 cm³/mol. The van der Waals surface area contributed by atoms with Crippen molar-refractivity contribution in [2.24, 2.45) is 0 Å². The molecule has 2 aliphatic rings. The van der Waals surface area contributed by atoms with Gasteiger partial charge in [-0.15, -0.1) is 0 Å². The number of imidazole rings is 1. The highest BCUT2D eigenvalue weighted by molar-refractivity contribution is 6.30. The highest BCUT2D eigenvalue weighted by atomic mass is 35.5. The molecule has 0 saturated heterocycles. The van der Waals surface area contributed by atoms with Gasteiger partial charge < -0.3 is 9.47 Å². The molecule has 1 aliphatic carbocycles. The lowest BCUT2D eigenvalue weighted by Gasteiger charge is -2.29. The summed E-state index contributed by atoms with van der Waals surface area (Å²) in [6.07, 6.45) is 5.44. The number of hydrogen-bond donors (Lipinski definition) is 0. The van der Waals surface area contributed by atoms with Crippen LogP contribution in [0.25, 0.3) is 5.69 Å². The lowest BCUT2D eigenvalue weighted by Crippen LogP contribution is -2.35. The number of fused-ring (bicyclic) bond motifs is 3. The molecule has 0 N–H and O–H groups in total. The maximum atomic E-state index is 13.0. The zero-order valence-corrected chi connectivity index (χ0v) is 22.9. The van der Waals surface area contributed by atoms with Gasteiger partial charge in [0, 0.05) is 22.7 Å². The molecular formula is C28H34ClN5O3. The van der Waals surface area contributed by atoms with Crippen LogP contribution >= 0.6 is 11.6 Å². The molecule has 196 valence electrons. The Hall–Kier alpha value is -3.13. The maximum absolute atomic E-state index is 13.0. The van der Waals surface area contributed by atoms with Gasteiger partial charge in [0.25, 0.3) is 0 Å². The van der Waals surface area contributed by atoms with Crippen molar-refractivity contribution in [3.05, 3.63) is 64.1 Å². The standard InChI is InChI=1S/C28H34ClN5O3/c1-17-12-25(32-18(2)31-17)36-23-9-6-19(7-10-23)26-30-14-22-16-33(27(35)37-28(3,4)5)15-20-13-21(29)8-11-24(20)34(22)26/h8,11-14,19,23H,6-7,9-10,15-16H2,1-5H3. The second kappa shape index (κ2) is 9.97. The maximum Gasteiger partial charge on any atom is 0.410 e. The molecule has 0 atom stereocenters. The smallest absolute Gasteiger partial charge is 0.410 e. The monoisotopic (exact) mass is 523 g/mol. The van der Waals surface area contributed by atoms with E-state index in [1.165, 1.54) is 0 Å². The molecule has 1 fully saturated rings. The van der Waals surface area contributed by atoms with Crippen LogP contribution in [0.5, 0.6) is 5.88 Å². The Balaban J connectivity index is 1.38. The van der Waals surface area contributed by atoms with Crippen molar-refractivity contribution in [1.82, 2.24) is 24.4 Å². The third kappa shape index (κ3) is 5.74. The molecule has 1 aromatic carbocycles. The summed E-state index contributed by atoms with van der Waals surface area (Å²) < 4.78 is 14.1. The third-order valence-electron chi connectivity index (χ3n) is 6.78. The van der Waals surface area contributed by atoms with Crippen molar-refractivity contribution in [1.29, 1.82) is 0 Å². The fraction of sp³-hybridized carbons (Fsp3) is 0.500. The molecule has 1 aliphatic heterocycles. The molecule has 0 radical (unpaired) electrons. The van der Waals surface area contributed by atoms with Gasteiger partial charge in [0.2, 0.25) is 5.88 Å². The molecule has 3 heterocycles. The van der Waals surface area contributed by atoms with Gasteiger partial charge in [0.1, 0.15) is 23.4 Å². The van der Waals surface area contributed by atoms with E-state index in [1.807, 2.05) is 65.1 Å². The zero-order chi connectivity index (χ0) is 26.3. The Bertz CT molecular complexity index is 1290. The van der Waals surface area contributed by atoms with Crippen molar-refractivity contribution in [2.75, 3.05) is 0 Å². The molecule has 2 aromatic heterocycles. The third-order valence-corrected chi connectivity index (χ3v) is 7.01. The molecule has 8 nitrogen and oxygen atoms in total. The van der Waals surface area contributed by atoms with Gasteiger partial charge in [0.15, 0.2) is 0 Å². The van der Waals surface area contributed by atoms with Crippen molar-refractivity contribution >= 4 is 17.7 Å². The number of aromatic nitrogens is 4. The van der Waals surface area contributed by atoms with E-state index in [9.17, 15) is 4.79 Å². The van der Waals surface area contributed by atoms with E-state index in [-0.39, 0.29) is 12.2 Å². The summed E-state index contributed by atoms with van der Waals surface area (Å²) in [5.41, 5.74) is 3.30. The van der Waals surface area contributed by atoms with Crippen molar-refractivity contribution in [2.45, 2.75) is 91.0 Å². The van der Waals surface area contributed by atoms with Gasteiger partial charge in [-0.05, 0) is 84.1 Å². The summed E-state index contributed by atoms with van der Waals surface area (Å²) in [6.45, 7) is 10.3. The van der Waals surface area contributed by atoms with E-state index in [0.29, 0.717) is 29.9 Å². The highest BCUT2D eigenvalue weighted by Gasteiger charge is 2.32. The molecule has 9 heteroatoms. The first-order valence-corrected chi connectivity index (χ1v) is 13.3. The molecule has 5 rings (SSSR count). The number of carbonyl (C=O) groups excluding carboxylic acids is 1. The molecule has 1 saturated carbocycles. The second-order valence-corrected chi connectivity index (χ2v) is 11.5. The van der Waals surface area contributed by atoms with E-state index in [0.717, 1.165) is 60.0 Å². The minimum absolute atomic E-state index is 0.122. The number of ether oxygens (including phenoxy) is 2. The van der Waals surface area contributed by atoms with Crippen molar-refractivity contribution in [3.63, 3.8) is 0 Å². The van der Waals surface area contributed by atoms with Gasteiger partial charge in [-0.25, -0.2) is 14.8 Å².